The Morgan fingerprint density at radius 2 is 2.14 bits per heavy atom. The highest BCUT2D eigenvalue weighted by molar-refractivity contribution is 6.31. The van der Waals surface area contributed by atoms with Gasteiger partial charge in [-0.3, -0.25) is 4.68 Å². The molecule has 0 aliphatic rings. The molecule has 1 aromatic heterocycles. The maximum absolute atomic E-state index is 13.6. The summed E-state index contributed by atoms with van der Waals surface area (Å²) in [4.78, 5) is 0. The molecule has 1 N–H and O–H groups in total. The molecule has 2 rings (SSSR count). The molecule has 4 nitrogen and oxygen atoms in total. The largest absolute Gasteiger partial charge is 0.487 e. The Morgan fingerprint density at radius 1 is 1.38 bits per heavy atom. The van der Waals surface area contributed by atoms with Crippen LogP contribution in [-0.2, 0) is 19.7 Å². The number of hydrogen-bond donors (Lipinski definition) is 1. The number of halogens is 2. The molecule has 2 aromatic rings. The molecule has 0 saturated carbocycles. The number of ether oxygens (including phenoxy) is 1. The molecular formula is C15H19ClFN3O. The second-order valence-electron chi connectivity index (χ2n) is 4.78. The van der Waals surface area contributed by atoms with Crippen LogP contribution in [-0.4, -0.2) is 16.8 Å². The molecule has 0 radical (unpaired) electrons. The van der Waals surface area contributed by atoms with Crippen molar-refractivity contribution in [1.29, 1.82) is 0 Å². The lowest BCUT2D eigenvalue weighted by molar-refractivity contribution is 0.291. The van der Waals surface area contributed by atoms with Crippen molar-refractivity contribution in [2.75, 3.05) is 7.05 Å². The maximum Gasteiger partial charge on any atom is 0.131 e. The summed E-state index contributed by atoms with van der Waals surface area (Å²) in [5.74, 6) is 0.168. The molecule has 0 amide bonds. The van der Waals surface area contributed by atoms with E-state index in [0.29, 0.717) is 23.9 Å². The van der Waals surface area contributed by atoms with E-state index in [1.54, 1.807) is 4.68 Å². The number of nitrogens with zero attached hydrogens (tertiary/aromatic N) is 2. The molecule has 114 valence electrons. The van der Waals surface area contributed by atoms with Crippen LogP contribution < -0.4 is 10.1 Å². The predicted molar refractivity (Wildman–Crippen MR) is 81.1 cm³/mol. The van der Waals surface area contributed by atoms with Crippen molar-refractivity contribution in [2.45, 2.75) is 33.5 Å². The Hall–Kier alpha value is -1.59. The van der Waals surface area contributed by atoms with Crippen LogP contribution in [0.4, 0.5) is 4.39 Å². The Bertz CT molecular complexity index is 628. The van der Waals surface area contributed by atoms with Crippen LogP contribution in [0.1, 0.15) is 23.9 Å². The van der Waals surface area contributed by atoms with Crippen LogP contribution in [0, 0.1) is 12.7 Å². The molecule has 0 aliphatic heterocycles. The molecule has 0 atom stereocenters. The van der Waals surface area contributed by atoms with Gasteiger partial charge < -0.3 is 10.1 Å². The van der Waals surface area contributed by atoms with Gasteiger partial charge in [-0.15, -0.1) is 0 Å². The molecule has 1 aromatic carbocycles. The van der Waals surface area contributed by atoms with E-state index in [-0.39, 0.29) is 12.4 Å². The van der Waals surface area contributed by atoms with Gasteiger partial charge in [-0.1, -0.05) is 11.6 Å². The van der Waals surface area contributed by atoms with E-state index in [9.17, 15) is 4.39 Å². The highest BCUT2D eigenvalue weighted by atomic mass is 35.5. The van der Waals surface area contributed by atoms with Gasteiger partial charge in [0.15, 0.2) is 0 Å². The minimum Gasteiger partial charge on any atom is -0.487 e. The quantitative estimate of drug-likeness (QED) is 0.889. The van der Waals surface area contributed by atoms with Crippen molar-refractivity contribution >= 4 is 11.6 Å². The van der Waals surface area contributed by atoms with E-state index < -0.39 is 0 Å². The van der Waals surface area contributed by atoms with Crippen LogP contribution in [0.3, 0.4) is 0 Å². The average molecular weight is 312 g/mol. The Balaban J connectivity index is 2.16. The van der Waals surface area contributed by atoms with E-state index in [0.717, 1.165) is 17.0 Å². The van der Waals surface area contributed by atoms with E-state index in [1.165, 1.54) is 12.1 Å². The first-order valence-corrected chi connectivity index (χ1v) is 7.21. The fourth-order valence-electron chi connectivity index (χ4n) is 2.17. The molecule has 1 heterocycles. The molecule has 0 spiro atoms. The van der Waals surface area contributed by atoms with Crippen molar-refractivity contribution < 1.29 is 9.13 Å². The van der Waals surface area contributed by atoms with Gasteiger partial charge in [0.1, 0.15) is 18.2 Å². The third-order valence-electron chi connectivity index (χ3n) is 3.14. The van der Waals surface area contributed by atoms with E-state index >= 15 is 0 Å². The van der Waals surface area contributed by atoms with Crippen molar-refractivity contribution in [2.24, 2.45) is 0 Å². The lowest BCUT2D eigenvalue weighted by Crippen LogP contribution is -2.08. The first-order valence-electron chi connectivity index (χ1n) is 6.83. The average Bonchev–Trinajstić information content (AvgIpc) is 2.72. The normalized spacial score (nSPS) is 10.9. The van der Waals surface area contributed by atoms with E-state index in [4.69, 9.17) is 16.3 Å². The number of rotatable bonds is 6. The zero-order valence-corrected chi connectivity index (χ0v) is 13.2. The van der Waals surface area contributed by atoms with Gasteiger partial charge >= 0.3 is 0 Å². The number of nitrogens with one attached hydrogen (secondary N) is 1. The second-order valence-corrected chi connectivity index (χ2v) is 5.15. The fourth-order valence-corrected chi connectivity index (χ4v) is 2.36. The zero-order valence-electron chi connectivity index (χ0n) is 12.4. The maximum atomic E-state index is 13.6. The fraction of sp³-hybridized carbons (Fsp3) is 0.400. The van der Waals surface area contributed by atoms with Crippen LogP contribution in [0.5, 0.6) is 5.75 Å². The number of benzene rings is 1. The Labute approximate surface area is 128 Å². The van der Waals surface area contributed by atoms with Gasteiger partial charge in [0, 0.05) is 19.2 Å². The highest BCUT2D eigenvalue weighted by Crippen LogP contribution is 2.23. The lowest BCUT2D eigenvalue weighted by Gasteiger charge is -2.10. The minimum absolute atomic E-state index is 0.260. The summed E-state index contributed by atoms with van der Waals surface area (Å²) >= 11 is 6.22. The molecular weight excluding hydrogens is 293 g/mol. The molecule has 0 bridgehead atoms. The first kappa shape index (κ1) is 15.8. The van der Waals surface area contributed by atoms with Crippen LogP contribution in [0.15, 0.2) is 18.2 Å². The van der Waals surface area contributed by atoms with Gasteiger partial charge in [-0.05, 0) is 38.6 Å². The van der Waals surface area contributed by atoms with Crippen molar-refractivity contribution in [3.8, 4) is 5.75 Å². The van der Waals surface area contributed by atoms with Gasteiger partial charge in [0.25, 0.3) is 0 Å². The summed E-state index contributed by atoms with van der Waals surface area (Å²) in [5.41, 5.74) is 2.40. The zero-order chi connectivity index (χ0) is 15.4. The van der Waals surface area contributed by atoms with Gasteiger partial charge in [0.2, 0.25) is 0 Å². The Morgan fingerprint density at radius 3 is 2.81 bits per heavy atom. The lowest BCUT2D eigenvalue weighted by atomic mass is 10.2. The third kappa shape index (κ3) is 3.74. The first-order chi connectivity index (χ1) is 10.0. The van der Waals surface area contributed by atoms with Gasteiger partial charge in [0.05, 0.1) is 16.4 Å². The Kier molecular flexibility index (Phi) is 5.20. The SMILES string of the molecule is CCn1nc(C)c(Cl)c1COc1cc(F)cc(CNC)c1. The summed E-state index contributed by atoms with van der Waals surface area (Å²) in [6.45, 7) is 5.39. The van der Waals surface area contributed by atoms with Gasteiger partial charge in [-0.2, -0.15) is 5.10 Å². The van der Waals surface area contributed by atoms with Crippen molar-refractivity contribution in [3.63, 3.8) is 0 Å². The van der Waals surface area contributed by atoms with Crippen molar-refractivity contribution in [1.82, 2.24) is 15.1 Å². The van der Waals surface area contributed by atoms with E-state index in [2.05, 4.69) is 10.4 Å². The summed E-state index contributed by atoms with van der Waals surface area (Å²) in [7, 11) is 1.81. The monoisotopic (exact) mass is 311 g/mol. The summed E-state index contributed by atoms with van der Waals surface area (Å²) < 4.78 is 21.0. The van der Waals surface area contributed by atoms with Crippen molar-refractivity contribution in [3.05, 3.63) is 46.0 Å². The number of aromatic nitrogens is 2. The smallest absolute Gasteiger partial charge is 0.131 e. The van der Waals surface area contributed by atoms with Crippen LogP contribution in [0.25, 0.3) is 0 Å². The summed E-state index contributed by atoms with van der Waals surface area (Å²) in [6, 6.07) is 4.66. The van der Waals surface area contributed by atoms with Gasteiger partial charge in [-0.25, -0.2) is 4.39 Å². The molecule has 6 heteroatoms. The molecule has 0 saturated heterocycles. The van der Waals surface area contributed by atoms with Crippen LogP contribution in [0.2, 0.25) is 5.02 Å². The summed E-state index contributed by atoms with van der Waals surface area (Å²) in [5, 5.41) is 7.91. The van der Waals surface area contributed by atoms with E-state index in [1.807, 2.05) is 27.0 Å². The third-order valence-corrected chi connectivity index (χ3v) is 3.63. The highest BCUT2D eigenvalue weighted by Gasteiger charge is 2.13. The molecule has 21 heavy (non-hydrogen) atoms. The molecule has 0 fully saturated rings. The van der Waals surface area contributed by atoms with Crippen LogP contribution >= 0.6 is 11.6 Å². The number of hydrogen-bond acceptors (Lipinski definition) is 3. The topological polar surface area (TPSA) is 39.1 Å². The second kappa shape index (κ2) is 6.91. The minimum atomic E-state index is -0.316. The summed E-state index contributed by atoms with van der Waals surface area (Å²) in [6.07, 6.45) is 0. The standard InChI is InChI=1S/C15H19ClFN3O/c1-4-20-14(15(16)10(2)19-20)9-21-13-6-11(8-18-3)5-12(17)7-13/h5-7,18H,4,8-9H2,1-3H3. The molecule has 0 aliphatic carbocycles. The predicted octanol–water partition coefficient (Wildman–Crippen LogP) is 3.30. The number of aryl methyl sites for hydroxylation is 2. The molecule has 0 unspecified atom stereocenters.